The molecular weight excluding hydrogens is 406 g/mol. The zero-order valence-corrected chi connectivity index (χ0v) is 18.5. The predicted octanol–water partition coefficient (Wildman–Crippen LogP) is 4.65. The molecule has 0 aliphatic heterocycles. The molecule has 1 fully saturated rings. The molecule has 4 nitrogen and oxygen atoms in total. The molecule has 0 spiro atoms. The van der Waals surface area contributed by atoms with Gasteiger partial charge < -0.3 is 15.3 Å². The molecule has 0 bridgehead atoms. The van der Waals surface area contributed by atoms with E-state index in [0.717, 1.165) is 18.1 Å². The molecule has 7 heteroatoms. The molecule has 2 atom stereocenters. The highest BCUT2D eigenvalue weighted by Gasteiger charge is 2.63. The molecule has 164 valence electrons. The standard InChI is InChI=1S/C23H30F2N2O2S/c1-22(24,25)23(9-10-23)20(17-8-11-30-15-17)13-21(29)26-14-18(27(2)3)12-16-4-6-19(28)7-5-16/h4-8,11,15,18,20,28H,9-10,12-14H2,1-3H3,(H,26,29)/t18-,20+/m0/s1. The molecule has 2 aromatic rings. The Bertz CT molecular complexity index is 828. The Morgan fingerprint density at radius 1 is 1.27 bits per heavy atom. The average Bonchev–Trinajstić information content (AvgIpc) is 3.32. The number of phenolic OH excluding ortho intramolecular Hbond substituents is 1. The second-order valence-corrected chi connectivity index (χ2v) is 9.43. The summed E-state index contributed by atoms with van der Waals surface area (Å²) in [5, 5.41) is 16.2. The molecule has 1 amide bonds. The van der Waals surface area contributed by atoms with Crippen molar-refractivity contribution in [3.63, 3.8) is 0 Å². The quantitative estimate of drug-likeness (QED) is 0.570. The Hall–Kier alpha value is -1.99. The number of hydrogen-bond acceptors (Lipinski definition) is 4. The smallest absolute Gasteiger partial charge is 0.251 e. The number of amides is 1. The maximum atomic E-state index is 14.4. The number of aromatic hydroxyl groups is 1. The number of nitrogens with zero attached hydrogens (tertiary/aromatic N) is 1. The van der Waals surface area contributed by atoms with E-state index in [9.17, 15) is 18.7 Å². The molecule has 1 aliphatic carbocycles. The lowest BCUT2D eigenvalue weighted by Crippen LogP contribution is -2.42. The van der Waals surface area contributed by atoms with E-state index in [4.69, 9.17) is 0 Å². The van der Waals surface area contributed by atoms with Crippen molar-refractivity contribution in [3.05, 3.63) is 52.2 Å². The van der Waals surface area contributed by atoms with Gasteiger partial charge >= 0.3 is 0 Å². The summed E-state index contributed by atoms with van der Waals surface area (Å²) in [6.45, 7) is 1.41. The second-order valence-electron chi connectivity index (χ2n) is 8.65. The van der Waals surface area contributed by atoms with Crippen molar-refractivity contribution in [3.8, 4) is 5.75 Å². The summed E-state index contributed by atoms with van der Waals surface area (Å²) in [5.74, 6) is -3.27. The number of rotatable bonds is 10. The number of alkyl halides is 2. The molecule has 0 saturated heterocycles. The third-order valence-electron chi connectivity index (χ3n) is 6.34. The monoisotopic (exact) mass is 436 g/mol. The molecule has 1 aliphatic rings. The third-order valence-corrected chi connectivity index (χ3v) is 7.04. The van der Waals surface area contributed by atoms with Crippen molar-refractivity contribution in [1.29, 1.82) is 0 Å². The number of likely N-dealkylation sites (N-methyl/N-ethyl adjacent to an activating group) is 1. The Morgan fingerprint density at radius 2 is 1.93 bits per heavy atom. The van der Waals surface area contributed by atoms with Gasteiger partial charge in [0.2, 0.25) is 5.91 Å². The summed E-state index contributed by atoms with van der Waals surface area (Å²) >= 11 is 1.47. The van der Waals surface area contributed by atoms with Crippen molar-refractivity contribution in [1.82, 2.24) is 10.2 Å². The summed E-state index contributed by atoms with van der Waals surface area (Å²) in [5.41, 5.74) is 0.778. The third kappa shape index (κ3) is 5.19. The van der Waals surface area contributed by atoms with E-state index in [2.05, 4.69) is 5.32 Å². The molecule has 30 heavy (non-hydrogen) atoms. The van der Waals surface area contributed by atoms with E-state index in [-0.39, 0.29) is 24.1 Å². The number of benzene rings is 1. The highest BCUT2D eigenvalue weighted by atomic mass is 32.1. The first kappa shape index (κ1) is 22.7. The Kier molecular flexibility index (Phi) is 6.82. The summed E-state index contributed by atoms with van der Waals surface area (Å²) in [4.78, 5) is 14.8. The Labute approximate surface area is 180 Å². The fourth-order valence-electron chi connectivity index (χ4n) is 4.16. The van der Waals surface area contributed by atoms with Crippen LogP contribution in [0.4, 0.5) is 8.78 Å². The van der Waals surface area contributed by atoms with Gasteiger partial charge in [0.25, 0.3) is 5.92 Å². The topological polar surface area (TPSA) is 52.6 Å². The van der Waals surface area contributed by atoms with Crippen LogP contribution in [0.25, 0.3) is 0 Å². The molecular formula is C23H30F2N2O2S. The van der Waals surface area contributed by atoms with Crippen molar-refractivity contribution in [2.45, 2.75) is 50.5 Å². The zero-order chi connectivity index (χ0) is 21.9. The number of halogens is 2. The van der Waals surface area contributed by atoms with Crippen molar-refractivity contribution < 1.29 is 18.7 Å². The fourth-order valence-corrected chi connectivity index (χ4v) is 4.88. The molecule has 1 saturated carbocycles. The average molecular weight is 437 g/mol. The number of nitrogens with one attached hydrogen (secondary N) is 1. The first-order valence-corrected chi connectivity index (χ1v) is 11.2. The van der Waals surface area contributed by atoms with Crippen LogP contribution in [-0.4, -0.2) is 48.5 Å². The minimum absolute atomic E-state index is 0.0561. The molecule has 1 aromatic heterocycles. The van der Waals surface area contributed by atoms with Gasteiger partial charge in [-0.2, -0.15) is 11.3 Å². The lowest BCUT2D eigenvalue weighted by Gasteiger charge is -2.32. The van der Waals surface area contributed by atoms with E-state index < -0.39 is 17.3 Å². The van der Waals surface area contributed by atoms with E-state index >= 15 is 0 Å². The fraction of sp³-hybridized carbons (Fsp3) is 0.522. The molecule has 2 N–H and O–H groups in total. The first-order valence-electron chi connectivity index (χ1n) is 10.2. The molecule has 0 unspecified atom stereocenters. The maximum Gasteiger partial charge on any atom is 0.251 e. The number of carbonyl (C=O) groups is 1. The zero-order valence-electron chi connectivity index (χ0n) is 17.7. The van der Waals surface area contributed by atoms with Gasteiger partial charge in [-0.05, 0) is 80.4 Å². The van der Waals surface area contributed by atoms with Gasteiger partial charge in [0.05, 0.1) is 0 Å². The summed E-state index contributed by atoms with van der Waals surface area (Å²) in [6, 6.07) is 8.93. The molecule has 1 aromatic carbocycles. The first-order chi connectivity index (χ1) is 14.1. The second kappa shape index (κ2) is 9.02. The molecule has 0 radical (unpaired) electrons. The van der Waals surface area contributed by atoms with Gasteiger partial charge in [-0.3, -0.25) is 4.79 Å². The normalized spacial score (nSPS) is 17.5. The number of carbonyl (C=O) groups excluding carboxylic acids is 1. The van der Waals surface area contributed by atoms with Crippen molar-refractivity contribution in [2.24, 2.45) is 5.41 Å². The number of hydrogen-bond donors (Lipinski definition) is 2. The van der Waals surface area contributed by atoms with Crippen LogP contribution in [0.15, 0.2) is 41.1 Å². The van der Waals surface area contributed by atoms with Gasteiger partial charge in [0.15, 0.2) is 0 Å². The van der Waals surface area contributed by atoms with Crippen LogP contribution in [0.2, 0.25) is 0 Å². The van der Waals surface area contributed by atoms with Crippen LogP contribution < -0.4 is 5.32 Å². The van der Waals surface area contributed by atoms with Crippen LogP contribution >= 0.6 is 11.3 Å². The number of phenols is 1. The largest absolute Gasteiger partial charge is 0.508 e. The lowest BCUT2D eigenvalue weighted by atomic mass is 9.78. The SMILES string of the molecule is CN(C)[C@H](CNC(=O)C[C@H](c1ccsc1)C1(C(C)(F)F)CC1)Cc1ccc(O)cc1. The van der Waals surface area contributed by atoms with Gasteiger partial charge in [-0.15, -0.1) is 0 Å². The van der Waals surface area contributed by atoms with Gasteiger partial charge in [0.1, 0.15) is 5.75 Å². The van der Waals surface area contributed by atoms with Crippen LogP contribution in [-0.2, 0) is 11.2 Å². The lowest BCUT2D eigenvalue weighted by molar-refractivity contribution is -0.123. The minimum atomic E-state index is -2.81. The summed E-state index contributed by atoms with van der Waals surface area (Å²) < 4.78 is 28.8. The van der Waals surface area contributed by atoms with Gasteiger partial charge in [-0.25, -0.2) is 8.78 Å². The van der Waals surface area contributed by atoms with Crippen molar-refractivity contribution >= 4 is 17.2 Å². The van der Waals surface area contributed by atoms with Crippen LogP contribution in [0.3, 0.4) is 0 Å². The van der Waals surface area contributed by atoms with E-state index in [0.29, 0.717) is 25.8 Å². The molecule has 3 rings (SSSR count). The van der Waals surface area contributed by atoms with E-state index in [1.54, 1.807) is 12.1 Å². The highest BCUT2D eigenvalue weighted by molar-refractivity contribution is 7.08. The van der Waals surface area contributed by atoms with Crippen molar-refractivity contribution in [2.75, 3.05) is 20.6 Å². The van der Waals surface area contributed by atoms with E-state index in [1.165, 1.54) is 11.3 Å². The maximum absolute atomic E-state index is 14.4. The summed E-state index contributed by atoms with van der Waals surface area (Å²) in [7, 11) is 3.89. The Morgan fingerprint density at radius 3 is 2.43 bits per heavy atom. The van der Waals surface area contributed by atoms with Crippen LogP contribution in [0.1, 0.15) is 43.2 Å². The van der Waals surface area contributed by atoms with Crippen LogP contribution in [0.5, 0.6) is 5.75 Å². The van der Waals surface area contributed by atoms with Crippen LogP contribution in [0, 0.1) is 5.41 Å². The van der Waals surface area contributed by atoms with E-state index in [1.807, 2.05) is 48.0 Å². The predicted molar refractivity (Wildman–Crippen MR) is 116 cm³/mol. The number of thiophene rings is 1. The van der Waals surface area contributed by atoms with Gasteiger partial charge in [0, 0.05) is 30.3 Å². The highest BCUT2D eigenvalue weighted by Crippen LogP contribution is 2.65. The Balaban J connectivity index is 1.64. The summed E-state index contributed by atoms with van der Waals surface area (Å²) in [6.07, 6.45) is 1.68. The van der Waals surface area contributed by atoms with Gasteiger partial charge in [-0.1, -0.05) is 12.1 Å². The molecule has 1 heterocycles. The minimum Gasteiger partial charge on any atom is -0.508 e.